The van der Waals surface area contributed by atoms with E-state index < -0.39 is 15.9 Å². The number of nitrogens with zero attached hydrogens (tertiary/aromatic N) is 3. The Bertz CT molecular complexity index is 715. The Morgan fingerprint density at radius 3 is 2.17 bits per heavy atom. The fourth-order valence-electron chi connectivity index (χ4n) is 2.58. The van der Waals surface area contributed by atoms with Gasteiger partial charge in [-0.15, -0.1) is 0 Å². The summed E-state index contributed by atoms with van der Waals surface area (Å²) in [5.41, 5.74) is 5.35. The summed E-state index contributed by atoms with van der Waals surface area (Å²) in [6.07, 6.45) is 1.38. The number of nitrogens with two attached hydrogens (primary N) is 1. The zero-order valence-corrected chi connectivity index (χ0v) is 14.3. The van der Waals surface area contributed by atoms with Crippen molar-refractivity contribution in [3.63, 3.8) is 0 Å². The molecule has 8 nitrogen and oxygen atoms in total. The van der Waals surface area contributed by atoms with Gasteiger partial charge in [0.05, 0.1) is 0 Å². The topological polar surface area (TPSA) is 106 Å². The molecule has 0 saturated carbocycles. The lowest BCUT2D eigenvalue weighted by atomic mass is 10.2. The summed E-state index contributed by atoms with van der Waals surface area (Å²) >= 11 is 0. The number of hydrogen-bond acceptors (Lipinski definition) is 4. The van der Waals surface area contributed by atoms with E-state index in [9.17, 15) is 18.0 Å². The van der Waals surface area contributed by atoms with Gasteiger partial charge < -0.3 is 15.2 Å². The molecule has 0 bridgehead atoms. The molecule has 0 unspecified atom stereocenters. The first-order valence-corrected chi connectivity index (χ1v) is 8.83. The van der Waals surface area contributed by atoms with Crippen molar-refractivity contribution < 1.29 is 18.0 Å². The summed E-state index contributed by atoms with van der Waals surface area (Å²) in [6.45, 7) is 4.85. The van der Waals surface area contributed by atoms with Gasteiger partial charge >= 0.3 is 0 Å². The maximum Gasteiger partial charge on any atom is 0.265 e. The minimum atomic E-state index is -3.70. The summed E-state index contributed by atoms with van der Waals surface area (Å²) < 4.78 is 28.0. The molecule has 0 aromatic carbocycles. The molecule has 128 valence electrons. The number of amides is 2. The van der Waals surface area contributed by atoms with Crippen molar-refractivity contribution in [2.45, 2.75) is 18.7 Å². The highest BCUT2D eigenvalue weighted by atomic mass is 32.2. The van der Waals surface area contributed by atoms with Gasteiger partial charge in [-0.1, -0.05) is 13.8 Å². The molecule has 0 atom stereocenters. The molecule has 0 aliphatic carbocycles. The number of aromatic nitrogens is 1. The lowest BCUT2D eigenvalue weighted by Crippen LogP contribution is -2.51. The summed E-state index contributed by atoms with van der Waals surface area (Å²) in [5, 5.41) is 0. The predicted molar refractivity (Wildman–Crippen MR) is 84.1 cm³/mol. The third-order valence-corrected chi connectivity index (χ3v) is 5.78. The molecule has 1 aromatic rings. The Hall–Kier alpha value is -1.87. The van der Waals surface area contributed by atoms with Crippen molar-refractivity contribution in [3.8, 4) is 0 Å². The van der Waals surface area contributed by atoms with Crippen LogP contribution in [0.1, 0.15) is 24.3 Å². The van der Waals surface area contributed by atoms with Crippen LogP contribution in [-0.2, 0) is 21.9 Å². The minimum absolute atomic E-state index is 0.0257. The largest absolute Gasteiger partial charge is 0.364 e. The number of piperazine rings is 1. The SMILES string of the molecule is CC(C)C(=O)N1CCN(S(=O)(=O)c2cc(C(N)=O)n(C)c2)CC1. The molecule has 0 radical (unpaired) electrons. The summed E-state index contributed by atoms with van der Waals surface area (Å²) in [5.74, 6) is -0.760. The van der Waals surface area contributed by atoms with Crippen LogP contribution < -0.4 is 5.73 Å². The van der Waals surface area contributed by atoms with E-state index in [4.69, 9.17) is 5.73 Å². The number of aryl methyl sites for hydroxylation is 1. The third-order valence-electron chi connectivity index (χ3n) is 3.91. The van der Waals surface area contributed by atoms with E-state index in [0.29, 0.717) is 13.1 Å². The van der Waals surface area contributed by atoms with Crippen LogP contribution >= 0.6 is 0 Å². The zero-order valence-electron chi connectivity index (χ0n) is 13.5. The molecule has 2 N–H and O–H groups in total. The van der Waals surface area contributed by atoms with Crippen molar-refractivity contribution in [2.75, 3.05) is 26.2 Å². The van der Waals surface area contributed by atoms with Gasteiger partial charge in [0.1, 0.15) is 10.6 Å². The molecule has 1 aliphatic rings. The Kier molecular flexibility index (Phi) is 4.81. The van der Waals surface area contributed by atoms with Gasteiger partial charge in [-0.3, -0.25) is 9.59 Å². The fourth-order valence-corrected chi connectivity index (χ4v) is 4.08. The zero-order chi connectivity index (χ0) is 17.4. The average Bonchev–Trinajstić information content (AvgIpc) is 2.89. The van der Waals surface area contributed by atoms with Crippen LogP contribution in [0.5, 0.6) is 0 Å². The van der Waals surface area contributed by atoms with E-state index in [1.54, 1.807) is 11.9 Å². The monoisotopic (exact) mass is 342 g/mol. The first-order valence-electron chi connectivity index (χ1n) is 7.39. The Morgan fingerprint density at radius 1 is 1.17 bits per heavy atom. The summed E-state index contributed by atoms with van der Waals surface area (Å²) in [4.78, 5) is 24.9. The average molecular weight is 342 g/mol. The predicted octanol–water partition coefficient (Wildman–Crippen LogP) is -0.387. The summed E-state index contributed by atoms with van der Waals surface area (Å²) in [7, 11) is -2.13. The Morgan fingerprint density at radius 2 is 1.74 bits per heavy atom. The Labute approximate surface area is 135 Å². The number of rotatable bonds is 4. The molecule has 1 fully saturated rings. The van der Waals surface area contributed by atoms with Crippen molar-refractivity contribution >= 4 is 21.8 Å². The van der Waals surface area contributed by atoms with Gasteiger partial charge in [-0.2, -0.15) is 4.31 Å². The molecular formula is C14H22N4O4S. The quantitative estimate of drug-likeness (QED) is 0.804. The molecular weight excluding hydrogens is 320 g/mol. The van der Waals surface area contributed by atoms with Crippen LogP contribution in [-0.4, -0.2) is 60.2 Å². The number of carbonyl (C=O) groups is 2. The van der Waals surface area contributed by atoms with Gasteiger partial charge in [0.2, 0.25) is 15.9 Å². The van der Waals surface area contributed by atoms with Gasteiger partial charge in [-0.25, -0.2) is 8.42 Å². The Balaban J connectivity index is 2.15. The highest BCUT2D eigenvalue weighted by Gasteiger charge is 2.31. The molecule has 2 amide bonds. The van der Waals surface area contributed by atoms with Crippen molar-refractivity contribution in [1.82, 2.24) is 13.8 Å². The van der Waals surface area contributed by atoms with E-state index >= 15 is 0 Å². The van der Waals surface area contributed by atoms with Gasteiger partial charge in [0.15, 0.2) is 0 Å². The van der Waals surface area contributed by atoms with Crippen molar-refractivity contribution in [1.29, 1.82) is 0 Å². The molecule has 2 rings (SSSR count). The highest BCUT2D eigenvalue weighted by Crippen LogP contribution is 2.20. The van der Waals surface area contributed by atoms with Crippen LogP contribution in [0.25, 0.3) is 0 Å². The molecule has 9 heteroatoms. The second-order valence-electron chi connectivity index (χ2n) is 5.92. The first kappa shape index (κ1) is 17.5. The normalized spacial score (nSPS) is 16.8. The van der Waals surface area contributed by atoms with Crippen LogP contribution in [0.4, 0.5) is 0 Å². The smallest absolute Gasteiger partial charge is 0.265 e. The highest BCUT2D eigenvalue weighted by molar-refractivity contribution is 7.89. The maximum atomic E-state index is 12.6. The fraction of sp³-hybridized carbons (Fsp3) is 0.571. The van der Waals surface area contributed by atoms with E-state index in [0.717, 1.165) is 0 Å². The van der Waals surface area contributed by atoms with E-state index in [-0.39, 0.29) is 35.5 Å². The molecule has 1 aliphatic heterocycles. The maximum absolute atomic E-state index is 12.6. The summed E-state index contributed by atoms with van der Waals surface area (Å²) in [6, 6.07) is 1.28. The lowest BCUT2D eigenvalue weighted by Gasteiger charge is -2.34. The van der Waals surface area contributed by atoms with Crippen LogP contribution in [0.3, 0.4) is 0 Å². The van der Waals surface area contributed by atoms with Crippen molar-refractivity contribution in [2.24, 2.45) is 18.7 Å². The van der Waals surface area contributed by atoms with Crippen LogP contribution in [0.15, 0.2) is 17.2 Å². The van der Waals surface area contributed by atoms with Crippen LogP contribution in [0, 0.1) is 5.92 Å². The van der Waals surface area contributed by atoms with Crippen molar-refractivity contribution in [3.05, 3.63) is 18.0 Å². The van der Waals surface area contributed by atoms with E-state index in [1.807, 2.05) is 13.8 Å². The third kappa shape index (κ3) is 3.40. The molecule has 1 saturated heterocycles. The molecule has 2 heterocycles. The van der Waals surface area contributed by atoms with E-state index in [2.05, 4.69) is 0 Å². The van der Waals surface area contributed by atoms with E-state index in [1.165, 1.54) is 21.1 Å². The van der Waals surface area contributed by atoms with Gasteiger partial charge in [-0.05, 0) is 6.07 Å². The van der Waals surface area contributed by atoms with Gasteiger partial charge in [0.25, 0.3) is 5.91 Å². The first-order chi connectivity index (χ1) is 10.6. The lowest BCUT2D eigenvalue weighted by molar-refractivity contribution is -0.135. The second-order valence-corrected chi connectivity index (χ2v) is 7.86. The van der Waals surface area contributed by atoms with Crippen LogP contribution in [0.2, 0.25) is 0 Å². The molecule has 0 spiro atoms. The second kappa shape index (κ2) is 6.32. The number of sulfonamides is 1. The molecule has 1 aromatic heterocycles. The van der Waals surface area contributed by atoms with Gasteiger partial charge in [0, 0.05) is 45.3 Å². The number of hydrogen-bond donors (Lipinski definition) is 1. The minimum Gasteiger partial charge on any atom is -0.364 e. The number of primary amides is 1. The molecule has 23 heavy (non-hydrogen) atoms. The standard InChI is InChI=1S/C14H22N4O4S/c1-10(2)14(20)17-4-6-18(7-5-17)23(21,22)11-8-12(13(15)19)16(3)9-11/h8-10H,4-7H2,1-3H3,(H2,15,19). The number of carbonyl (C=O) groups excluding carboxylic acids is 2.